The summed E-state index contributed by atoms with van der Waals surface area (Å²) in [6, 6.07) is 14.6. The molecule has 1 heterocycles. The largest absolute Gasteiger partial charge is 0.488 e. The van der Waals surface area contributed by atoms with E-state index in [4.69, 9.17) is 24.4 Å². The Kier molecular flexibility index (Phi) is 8.92. The molecule has 0 amide bonds. The van der Waals surface area contributed by atoms with Crippen molar-refractivity contribution in [3.05, 3.63) is 71.8 Å². The number of carboxylic acid groups (broad SMARTS) is 2. The highest BCUT2D eigenvalue weighted by molar-refractivity contribution is 5.89. The summed E-state index contributed by atoms with van der Waals surface area (Å²) in [6.45, 7) is 5.97. The first kappa shape index (κ1) is 25.8. The lowest BCUT2D eigenvalue weighted by Gasteiger charge is -2.16. The molecule has 8 heteroatoms. The zero-order valence-electron chi connectivity index (χ0n) is 20.0. The normalized spacial score (nSPS) is 15.3. The maximum absolute atomic E-state index is 9.55. The second-order valence-electron chi connectivity index (χ2n) is 8.54. The summed E-state index contributed by atoms with van der Waals surface area (Å²) in [4.78, 5) is 19.1. The fourth-order valence-electron chi connectivity index (χ4n) is 3.74. The topological polar surface area (TPSA) is 114 Å². The summed E-state index contributed by atoms with van der Waals surface area (Å²) in [6.07, 6.45) is 7.18. The molecule has 0 unspecified atom stereocenters. The van der Waals surface area contributed by atoms with Crippen molar-refractivity contribution < 1.29 is 34.0 Å². The molecule has 0 radical (unpaired) electrons. The van der Waals surface area contributed by atoms with Crippen LogP contribution in [0.1, 0.15) is 44.2 Å². The quantitative estimate of drug-likeness (QED) is 0.351. The van der Waals surface area contributed by atoms with Crippen LogP contribution < -0.4 is 19.5 Å². The Morgan fingerprint density at radius 1 is 1.09 bits per heavy atom. The Labute approximate surface area is 204 Å². The number of carbonyl (C=O) groups is 2. The van der Waals surface area contributed by atoms with E-state index in [1.54, 1.807) is 0 Å². The monoisotopic (exact) mass is 481 g/mol. The van der Waals surface area contributed by atoms with E-state index in [9.17, 15) is 9.59 Å². The number of benzene rings is 2. The number of rotatable bonds is 9. The smallest absolute Gasteiger partial charge is 0.328 e. The van der Waals surface area contributed by atoms with E-state index in [1.807, 2.05) is 32.0 Å². The number of para-hydroxylation sites is 1. The van der Waals surface area contributed by atoms with Gasteiger partial charge in [-0.15, -0.1) is 0 Å². The molecule has 0 fully saturated rings. The molecular formula is C27H31NO7. The molecule has 0 atom stereocenters. The van der Waals surface area contributed by atoms with Gasteiger partial charge in [0.15, 0.2) is 11.5 Å². The number of allylic oxidation sites excluding steroid dienone is 2. The minimum Gasteiger partial charge on any atom is -0.488 e. The average molecular weight is 482 g/mol. The highest BCUT2D eigenvalue weighted by Crippen LogP contribution is 2.45. The van der Waals surface area contributed by atoms with Gasteiger partial charge in [-0.25, -0.2) is 9.59 Å². The Morgan fingerprint density at radius 2 is 1.83 bits per heavy atom. The number of ether oxygens (including phenoxy) is 3. The second kappa shape index (κ2) is 12.1. The molecule has 1 aliphatic heterocycles. The molecule has 4 rings (SSSR count). The highest BCUT2D eigenvalue weighted by Gasteiger charge is 2.33. The van der Waals surface area contributed by atoms with Gasteiger partial charge in [0.25, 0.3) is 0 Å². The van der Waals surface area contributed by atoms with Gasteiger partial charge in [-0.3, -0.25) is 0 Å². The van der Waals surface area contributed by atoms with Gasteiger partial charge in [0.05, 0.1) is 0 Å². The fourth-order valence-corrected chi connectivity index (χ4v) is 3.74. The summed E-state index contributed by atoms with van der Waals surface area (Å²) in [5.41, 5.74) is 4.16. The van der Waals surface area contributed by atoms with Gasteiger partial charge in [0, 0.05) is 39.1 Å². The number of hydrogen-bond acceptors (Lipinski definition) is 6. The lowest BCUT2D eigenvalue weighted by molar-refractivity contribution is -0.134. The van der Waals surface area contributed by atoms with Crippen LogP contribution in [0.4, 0.5) is 0 Å². The van der Waals surface area contributed by atoms with Gasteiger partial charge >= 0.3 is 11.9 Å². The molecule has 0 spiro atoms. The summed E-state index contributed by atoms with van der Waals surface area (Å²) >= 11 is 0. The first-order chi connectivity index (χ1) is 16.7. The van der Waals surface area contributed by atoms with Gasteiger partial charge in [0.2, 0.25) is 11.5 Å². The van der Waals surface area contributed by atoms with Crippen molar-refractivity contribution in [1.82, 2.24) is 5.32 Å². The minimum absolute atomic E-state index is 0.558. The van der Waals surface area contributed by atoms with E-state index in [0.717, 1.165) is 24.6 Å². The zero-order chi connectivity index (χ0) is 25.3. The molecule has 2 aromatic carbocycles. The average Bonchev–Trinajstić information content (AvgIpc) is 3.45. The number of fused-ring (bicyclic) bond motifs is 1. The molecule has 0 aromatic heterocycles. The van der Waals surface area contributed by atoms with Crippen LogP contribution >= 0.6 is 0 Å². The predicted molar refractivity (Wildman–Crippen MR) is 132 cm³/mol. The number of carboxylic acids is 2. The van der Waals surface area contributed by atoms with Gasteiger partial charge < -0.3 is 29.7 Å². The number of nitrogens with one attached hydrogen (secondary N) is 1. The minimum atomic E-state index is -1.26. The molecule has 1 aliphatic carbocycles. The van der Waals surface area contributed by atoms with Gasteiger partial charge in [-0.05, 0) is 48.1 Å². The predicted octanol–water partition coefficient (Wildman–Crippen LogP) is 4.64. The maximum atomic E-state index is 9.55. The SMILES string of the molecule is CC1(C)Oc2cccc(OCCNCc3cccc(C4=CCCC4)c3)c2O1.O=C(O)/C=C/C(=O)O. The molecule has 2 aliphatic rings. The lowest BCUT2D eigenvalue weighted by Crippen LogP contribution is -2.29. The molecule has 0 saturated heterocycles. The molecule has 186 valence electrons. The van der Waals surface area contributed by atoms with Gasteiger partial charge in [0.1, 0.15) is 6.61 Å². The molecule has 0 bridgehead atoms. The summed E-state index contributed by atoms with van der Waals surface area (Å²) < 4.78 is 17.5. The number of hydrogen-bond donors (Lipinski definition) is 3. The third-order valence-corrected chi connectivity index (χ3v) is 5.22. The third-order valence-electron chi connectivity index (χ3n) is 5.22. The Hall–Kier alpha value is -3.78. The Morgan fingerprint density at radius 3 is 2.51 bits per heavy atom. The van der Waals surface area contributed by atoms with Crippen LogP contribution in [0.5, 0.6) is 17.2 Å². The molecule has 3 N–H and O–H groups in total. The van der Waals surface area contributed by atoms with Crippen molar-refractivity contribution in [1.29, 1.82) is 0 Å². The van der Waals surface area contributed by atoms with Crippen LogP contribution in [0.2, 0.25) is 0 Å². The maximum Gasteiger partial charge on any atom is 0.328 e. The van der Waals surface area contributed by atoms with E-state index in [0.29, 0.717) is 24.5 Å². The zero-order valence-corrected chi connectivity index (χ0v) is 20.0. The van der Waals surface area contributed by atoms with E-state index in [2.05, 4.69) is 35.7 Å². The van der Waals surface area contributed by atoms with Crippen molar-refractivity contribution >= 4 is 17.5 Å². The summed E-state index contributed by atoms with van der Waals surface area (Å²) in [5.74, 6) is -0.988. The molecular weight excluding hydrogens is 450 g/mol. The van der Waals surface area contributed by atoms with Crippen molar-refractivity contribution in [2.24, 2.45) is 0 Å². The van der Waals surface area contributed by atoms with Crippen LogP contribution in [0, 0.1) is 0 Å². The van der Waals surface area contributed by atoms with Crippen molar-refractivity contribution in [2.45, 2.75) is 45.4 Å². The highest BCUT2D eigenvalue weighted by atomic mass is 16.7. The molecule has 2 aromatic rings. The summed E-state index contributed by atoms with van der Waals surface area (Å²) in [5, 5.41) is 19.1. The Balaban J connectivity index is 0.000000371. The molecule has 35 heavy (non-hydrogen) atoms. The third kappa shape index (κ3) is 8.19. The first-order valence-electron chi connectivity index (χ1n) is 11.5. The van der Waals surface area contributed by atoms with E-state index >= 15 is 0 Å². The van der Waals surface area contributed by atoms with Crippen LogP contribution in [0.3, 0.4) is 0 Å². The fraction of sp³-hybridized carbons (Fsp3) is 0.333. The van der Waals surface area contributed by atoms with Crippen LogP contribution in [-0.4, -0.2) is 41.1 Å². The summed E-state index contributed by atoms with van der Waals surface area (Å²) in [7, 11) is 0. The van der Waals surface area contributed by atoms with Crippen LogP contribution in [0.25, 0.3) is 5.57 Å². The number of aliphatic carboxylic acids is 2. The Bertz CT molecular complexity index is 1090. The standard InChI is InChI=1S/C23H27NO3.C4H4O4/c1-23(2)26-21-12-6-11-20(22(21)27-23)25-14-13-24-16-17-7-5-10-19(15-17)18-8-3-4-9-18;5-3(6)1-2-4(7)8/h5-8,10-12,15,24H,3-4,9,13-14,16H2,1-2H3;1-2H,(H,5,6)(H,7,8)/b;2-1+. The van der Waals surface area contributed by atoms with Crippen LogP contribution in [0.15, 0.2) is 60.7 Å². The second-order valence-corrected chi connectivity index (χ2v) is 8.54. The van der Waals surface area contributed by atoms with Crippen molar-refractivity contribution in [3.63, 3.8) is 0 Å². The molecule has 0 saturated carbocycles. The van der Waals surface area contributed by atoms with Gasteiger partial charge in [-0.1, -0.05) is 36.4 Å². The van der Waals surface area contributed by atoms with E-state index in [1.165, 1.54) is 36.0 Å². The van der Waals surface area contributed by atoms with E-state index in [-0.39, 0.29) is 0 Å². The molecule has 8 nitrogen and oxygen atoms in total. The van der Waals surface area contributed by atoms with Crippen LogP contribution in [-0.2, 0) is 16.1 Å². The first-order valence-corrected chi connectivity index (χ1v) is 11.5. The van der Waals surface area contributed by atoms with Gasteiger partial charge in [-0.2, -0.15) is 0 Å². The van der Waals surface area contributed by atoms with Crippen molar-refractivity contribution in [3.8, 4) is 17.2 Å². The lowest BCUT2D eigenvalue weighted by atomic mass is 10.0. The van der Waals surface area contributed by atoms with E-state index < -0.39 is 17.7 Å². The van der Waals surface area contributed by atoms with Crippen molar-refractivity contribution in [2.75, 3.05) is 13.2 Å².